The Morgan fingerprint density at radius 2 is 2.29 bits per heavy atom. The molecule has 17 heavy (non-hydrogen) atoms. The lowest BCUT2D eigenvalue weighted by Gasteiger charge is -2.15. The molecule has 0 bridgehead atoms. The lowest BCUT2D eigenvalue weighted by atomic mass is 10.1. The van der Waals surface area contributed by atoms with E-state index >= 15 is 0 Å². The van der Waals surface area contributed by atoms with Gasteiger partial charge >= 0.3 is 0 Å². The zero-order valence-electron chi connectivity index (χ0n) is 9.47. The van der Waals surface area contributed by atoms with Gasteiger partial charge < -0.3 is 5.32 Å². The van der Waals surface area contributed by atoms with Crippen LogP contribution in [0.25, 0.3) is 0 Å². The molecule has 0 aliphatic rings. The third kappa shape index (κ3) is 4.28. The van der Waals surface area contributed by atoms with Crippen LogP contribution >= 0.6 is 27.5 Å². The van der Waals surface area contributed by atoms with E-state index in [1.165, 1.54) is 12.1 Å². The van der Waals surface area contributed by atoms with E-state index < -0.39 is 11.7 Å². The number of halogens is 3. The highest BCUT2D eigenvalue weighted by Gasteiger charge is 2.15. The minimum absolute atomic E-state index is 0.0111. The molecule has 2 nitrogen and oxygen atoms in total. The van der Waals surface area contributed by atoms with Crippen LogP contribution in [0.15, 0.2) is 22.7 Å². The van der Waals surface area contributed by atoms with Gasteiger partial charge in [-0.15, -0.1) is 11.6 Å². The van der Waals surface area contributed by atoms with Crippen LogP contribution in [0, 0.1) is 5.82 Å². The molecule has 0 spiro atoms. The summed E-state index contributed by atoms with van der Waals surface area (Å²) < 4.78 is 14.1. The Hall–Kier alpha value is -0.610. The van der Waals surface area contributed by atoms with Crippen molar-refractivity contribution < 1.29 is 9.18 Å². The van der Waals surface area contributed by atoms with Crippen LogP contribution in [-0.2, 0) is 0 Å². The van der Waals surface area contributed by atoms with E-state index in [2.05, 4.69) is 21.2 Å². The second-order valence-electron chi connectivity index (χ2n) is 3.68. The molecule has 0 aliphatic carbocycles. The molecule has 0 aromatic heterocycles. The normalized spacial score (nSPS) is 12.2. The summed E-state index contributed by atoms with van der Waals surface area (Å²) >= 11 is 8.77. The predicted molar refractivity (Wildman–Crippen MR) is 71.0 cm³/mol. The lowest BCUT2D eigenvalue weighted by molar-refractivity contribution is 0.0931. The average Bonchev–Trinajstić information content (AvgIpc) is 2.28. The second kappa shape index (κ2) is 6.97. The van der Waals surface area contributed by atoms with Gasteiger partial charge in [0.2, 0.25) is 0 Å². The fourth-order valence-electron chi connectivity index (χ4n) is 1.45. The van der Waals surface area contributed by atoms with Crippen molar-refractivity contribution in [1.29, 1.82) is 0 Å². The van der Waals surface area contributed by atoms with E-state index in [0.717, 1.165) is 6.42 Å². The summed E-state index contributed by atoms with van der Waals surface area (Å²) in [5, 5.41) is 2.77. The van der Waals surface area contributed by atoms with Crippen LogP contribution < -0.4 is 5.32 Å². The van der Waals surface area contributed by atoms with E-state index in [4.69, 9.17) is 11.6 Å². The first-order valence-corrected chi connectivity index (χ1v) is 6.73. The maximum atomic E-state index is 13.5. The van der Waals surface area contributed by atoms with Crippen molar-refractivity contribution in [2.75, 3.05) is 5.88 Å². The number of rotatable bonds is 5. The van der Waals surface area contributed by atoms with Gasteiger partial charge in [-0.3, -0.25) is 4.79 Å². The Balaban J connectivity index is 2.75. The van der Waals surface area contributed by atoms with Crippen LogP contribution in [0.4, 0.5) is 4.39 Å². The largest absolute Gasteiger partial charge is 0.349 e. The number of alkyl halides is 1. The maximum Gasteiger partial charge on any atom is 0.254 e. The number of carbonyl (C=O) groups excluding carboxylic acids is 1. The number of nitrogens with one attached hydrogen (secondary N) is 1. The van der Waals surface area contributed by atoms with Gasteiger partial charge in [0.15, 0.2) is 0 Å². The van der Waals surface area contributed by atoms with Crippen molar-refractivity contribution in [1.82, 2.24) is 5.32 Å². The molecule has 1 rings (SSSR count). The van der Waals surface area contributed by atoms with Crippen LogP contribution in [0.5, 0.6) is 0 Å². The number of hydrogen-bond acceptors (Lipinski definition) is 1. The zero-order chi connectivity index (χ0) is 12.8. The Kier molecular flexibility index (Phi) is 5.92. The van der Waals surface area contributed by atoms with Gasteiger partial charge in [0.1, 0.15) is 5.82 Å². The first-order chi connectivity index (χ1) is 8.08. The molecule has 5 heteroatoms. The Labute approximate surface area is 114 Å². The zero-order valence-corrected chi connectivity index (χ0v) is 11.8. The van der Waals surface area contributed by atoms with Crippen molar-refractivity contribution in [2.45, 2.75) is 25.8 Å². The van der Waals surface area contributed by atoms with E-state index in [9.17, 15) is 9.18 Å². The molecule has 0 fully saturated rings. The molecular weight excluding hydrogens is 308 g/mol. The van der Waals surface area contributed by atoms with Gasteiger partial charge in [0, 0.05) is 16.4 Å². The number of amides is 1. The van der Waals surface area contributed by atoms with Crippen molar-refractivity contribution in [3.63, 3.8) is 0 Å². The standard InChI is InChI=1S/C12H14BrClFNO/c1-2-9(5-6-14)16-12(17)10-4-3-8(13)7-11(10)15/h3-4,7,9H,2,5-6H2,1H3,(H,16,17). The van der Waals surface area contributed by atoms with Gasteiger partial charge in [-0.2, -0.15) is 0 Å². The average molecular weight is 323 g/mol. The SMILES string of the molecule is CCC(CCCl)NC(=O)c1ccc(Br)cc1F. The monoisotopic (exact) mass is 321 g/mol. The maximum absolute atomic E-state index is 13.5. The molecule has 0 radical (unpaired) electrons. The molecule has 1 N–H and O–H groups in total. The highest BCUT2D eigenvalue weighted by Crippen LogP contribution is 2.15. The van der Waals surface area contributed by atoms with Gasteiger partial charge in [-0.1, -0.05) is 22.9 Å². The van der Waals surface area contributed by atoms with E-state index in [1.807, 2.05) is 6.92 Å². The molecule has 1 amide bonds. The summed E-state index contributed by atoms with van der Waals surface area (Å²) in [4.78, 5) is 11.8. The first kappa shape index (κ1) is 14.5. The summed E-state index contributed by atoms with van der Waals surface area (Å²) in [5.41, 5.74) is 0.0567. The molecule has 0 heterocycles. The third-order valence-corrected chi connectivity index (χ3v) is 3.17. The molecule has 1 atom stereocenters. The summed E-state index contributed by atoms with van der Waals surface area (Å²) in [5.74, 6) is -0.453. The fourth-order valence-corrected chi connectivity index (χ4v) is 2.04. The van der Waals surface area contributed by atoms with Gasteiger partial charge in [-0.25, -0.2) is 4.39 Å². The summed E-state index contributed by atoms with van der Waals surface area (Å²) in [6.07, 6.45) is 1.46. The highest BCUT2D eigenvalue weighted by molar-refractivity contribution is 9.10. The predicted octanol–water partition coefficient (Wildman–Crippen LogP) is 3.73. The summed E-state index contributed by atoms with van der Waals surface area (Å²) in [7, 11) is 0. The molecular formula is C12H14BrClFNO. The molecule has 1 unspecified atom stereocenters. The Morgan fingerprint density at radius 3 is 2.82 bits per heavy atom. The van der Waals surface area contributed by atoms with Crippen molar-refractivity contribution >= 4 is 33.4 Å². The quantitative estimate of drug-likeness (QED) is 0.822. The van der Waals surface area contributed by atoms with Crippen LogP contribution in [-0.4, -0.2) is 17.8 Å². The number of hydrogen-bond donors (Lipinski definition) is 1. The molecule has 0 saturated heterocycles. The highest BCUT2D eigenvalue weighted by atomic mass is 79.9. The number of benzene rings is 1. The van der Waals surface area contributed by atoms with Crippen molar-refractivity contribution in [3.8, 4) is 0 Å². The van der Waals surface area contributed by atoms with Crippen LogP contribution in [0.3, 0.4) is 0 Å². The van der Waals surface area contributed by atoms with Gasteiger partial charge in [0.25, 0.3) is 5.91 Å². The molecule has 0 aliphatic heterocycles. The number of carbonyl (C=O) groups is 1. The van der Waals surface area contributed by atoms with E-state index in [0.29, 0.717) is 16.8 Å². The van der Waals surface area contributed by atoms with Crippen molar-refractivity contribution in [3.05, 3.63) is 34.1 Å². The molecule has 1 aromatic carbocycles. The van der Waals surface area contributed by atoms with Crippen LogP contribution in [0.2, 0.25) is 0 Å². The van der Waals surface area contributed by atoms with Gasteiger partial charge in [0.05, 0.1) is 5.56 Å². The first-order valence-electron chi connectivity index (χ1n) is 5.40. The van der Waals surface area contributed by atoms with E-state index in [-0.39, 0.29) is 11.6 Å². The van der Waals surface area contributed by atoms with E-state index in [1.54, 1.807) is 6.07 Å². The summed E-state index contributed by atoms with van der Waals surface area (Å²) in [6.45, 7) is 1.95. The van der Waals surface area contributed by atoms with Crippen molar-refractivity contribution in [2.24, 2.45) is 0 Å². The minimum atomic E-state index is -0.530. The van der Waals surface area contributed by atoms with Gasteiger partial charge in [-0.05, 0) is 31.0 Å². The third-order valence-electron chi connectivity index (χ3n) is 2.46. The molecule has 1 aromatic rings. The molecule has 94 valence electrons. The Bertz CT molecular complexity index is 400. The minimum Gasteiger partial charge on any atom is -0.349 e. The fraction of sp³-hybridized carbons (Fsp3) is 0.417. The lowest BCUT2D eigenvalue weighted by Crippen LogP contribution is -2.35. The summed E-state index contributed by atoms with van der Waals surface area (Å²) in [6, 6.07) is 4.36. The molecule has 0 saturated carbocycles. The second-order valence-corrected chi connectivity index (χ2v) is 4.97. The Morgan fingerprint density at radius 1 is 1.59 bits per heavy atom. The van der Waals surface area contributed by atoms with Crippen LogP contribution in [0.1, 0.15) is 30.1 Å². The smallest absolute Gasteiger partial charge is 0.254 e. The topological polar surface area (TPSA) is 29.1 Å².